The Bertz CT molecular complexity index is 503. The van der Waals surface area contributed by atoms with E-state index in [1.165, 1.54) is 0 Å². The molecule has 5 heteroatoms. The van der Waals surface area contributed by atoms with E-state index in [2.05, 4.69) is 4.90 Å². The number of aliphatic hydroxyl groups is 1. The molecule has 0 spiro atoms. The Hall–Kier alpha value is -0.610. The number of rotatable bonds is 3. The number of benzene rings is 1. The van der Waals surface area contributed by atoms with Crippen molar-refractivity contribution in [3.8, 4) is 0 Å². The fourth-order valence-electron chi connectivity index (χ4n) is 2.48. The molecule has 1 heterocycles. The van der Waals surface area contributed by atoms with Crippen LogP contribution in [0.25, 0.3) is 0 Å². The van der Waals surface area contributed by atoms with Crippen molar-refractivity contribution in [3.63, 3.8) is 0 Å². The van der Waals surface area contributed by atoms with Crippen LogP contribution >= 0.6 is 23.2 Å². The third kappa shape index (κ3) is 4.19. The number of carbonyl (C=O) groups is 1. The molecule has 1 saturated heterocycles. The zero-order valence-electron chi connectivity index (χ0n) is 11.5. The first-order valence-electron chi connectivity index (χ1n) is 6.80. The van der Waals surface area contributed by atoms with Crippen LogP contribution in [0.5, 0.6) is 0 Å². The normalized spacial score (nSPS) is 24.4. The van der Waals surface area contributed by atoms with Crippen LogP contribution in [0.3, 0.4) is 0 Å². The van der Waals surface area contributed by atoms with Crippen molar-refractivity contribution < 1.29 is 9.90 Å². The first-order valence-corrected chi connectivity index (χ1v) is 7.56. The van der Waals surface area contributed by atoms with Gasteiger partial charge >= 0.3 is 0 Å². The monoisotopic (exact) mass is 315 g/mol. The Morgan fingerprint density at radius 2 is 2.10 bits per heavy atom. The lowest BCUT2D eigenvalue weighted by Crippen LogP contribution is -2.32. The van der Waals surface area contributed by atoms with Crippen LogP contribution in [0.2, 0.25) is 10.0 Å². The standard InChI is InChI=1S/C15H19Cl2NO2/c1-15(20)5-2-7-18(8-6-15)10-14(19)12-9-11(16)3-4-13(12)17/h3-4,9,20H,2,5-8,10H2,1H3. The highest BCUT2D eigenvalue weighted by Crippen LogP contribution is 2.24. The molecule has 0 saturated carbocycles. The molecular formula is C15H19Cl2NO2. The van der Waals surface area contributed by atoms with Crippen LogP contribution in [-0.4, -0.2) is 41.0 Å². The quantitative estimate of drug-likeness (QED) is 0.869. The van der Waals surface area contributed by atoms with E-state index in [0.717, 1.165) is 25.9 Å². The lowest BCUT2D eigenvalue weighted by atomic mass is 9.98. The molecule has 1 aromatic carbocycles. The molecule has 3 nitrogen and oxygen atoms in total. The van der Waals surface area contributed by atoms with E-state index in [4.69, 9.17) is 23.2 Å². The highest BCUT2D eigenvalue weighted by atomic mass is 35.5. The molecule has 0 aromatic heterocycles. The van der Waals surface area contributed by atoms with Crippen molar-refractivity contribution in [3.05, 3.63) is 33.8 Å². The van der Waals surface area contributed by atoms with Gasteiger partial charge in [-0.1, -0.05) is 23.2 Å². The van der Waals surface area contributed by atoms with Gasteiger partial charge in [0, 0.05) is 17.1 Å². The molecule has 1 N–H and O–H groups in total. The highest BCUT2D eigenvalue weighted by molar-refractivity contribution is 6.36. The highest BCUT2D eigenvalue weighted by Gasteiger charge is 2.26. The van der Waals surface area contributed by atoms with Crippen molar-refractivity contribution in [2.75, 3.05) is 19.6 Å². The second-order valence-electron chi connectivity index (χ2n) is 5.67. The maximum Gasteiger partial charge on any atom is 0.178 e. The van der Waals surface area contributed by atoms with Gasteiger partial charge in [-0.2, -0.15) is 0 Å². The van der Waals surface area contributed by atoms with Gasteiger partial charge < -0.3 is 5.11 Å². The molecule has 1 aromatic rings. The van der Waals surface area contributed by atoms with Crippen LogP contribution in [0.1, 0.15) is 36.5 Å². The Kier molecular flexibility index (Phi) is 5.08. The smallest absolute Gasteiger partial charge is 0.178 e. The van der Waals surface area contributed by atoms with Gasteiger partial charge in [0.15, 0.2) is 5.78 Å². The first kappa shape index (κ1) is 15.8. The first-order chi connectivity index (χ1) is 9.37. The van der Waals surface area contributed by atoms with E-state index in [0.29, 0.717) is 28.6 Å². The topological polar surface area (TPSA) is 40.5 Å². The van der Waals surface area contributed by atoms with E-state index in [1.807, 2.05) is 6.92 Å². The minimum Gasteiger partial charge on any atom is -0.390 e. The number of carbonyl (C=O) groups excluding carboxylic acids is 1. The number of hydrogen-bond donors (Lipinski definition) is 1. The second kappa shape index (κ2) is 6.44. The van der Waals surface area contributed by atoms with Crippen molar-refractivity contribution in [1.82, 2.24) is 4.90 Å². The summed E-state index contributed by atoms with van der Waals surface area (Å²) in [4.78, 5) is 14.4. The maximum atomic E-state index is 12.3. The fourth-order valence-corrected chi connectivity index (χ4v) is 2.87. The SMILES string of the molecule is CC1(O)CCCN(CC(=O)c2cc(Cl)ccc2Cl)CC1. The predicted octanol–water partition coefficient (Wildman–Crippen LogP) is 3.41. The lowest BCUT2D eigenvalue weighted by Gasteiger charge is -2.22. The van der Waals surface area contributed by atoms with E-state index in [-0.39, 0.29) is 5.78 Å². The number of ketones is 1. The molecule has 1 aliphatic rings. The van der Waals surface area contributed by atoms with E-state index >= 15 is 0 Å². The summed E-state index contributed by atoms with van der Waals surface area (Å²) in [5.41, 5.74) is -0.152. The molecular weight excluding hydrogens is 297 g/mol. The van der Waals surface area contributed by atoms with Crippen molar-refractivity contribution in [2.24, 2.45) is 0 Å². The number of Topliss-reactive ketones (excluding diaryl/α,β-unsaturated/α-hetero) is 1. The number of likely N-dealkylation sites (tertiary alicyclic amines) is 1. The summed E-state index contributed by atoms with van der Waals surface area (Å²) in [5, 5.41) is 11.0. The fraction of sp³-hybridized carbons (Fsp3) is 0.533. The summed E-state index contributed by atoms with van der Waals surface area (Å²) in [6, 6.07) is 4.92. The molecule has 20 heavy (non-hydrogen) atoms. The van der Waals surface area contributed by atoms with E-state index in [9.17, 15) is 9.90 Å². The summed E-state index contributed by atoms with van der Waals surface area (Å²) >= 11 is 12.0. The van der Waals surface area contributed by atoms with Crippen LogP contribution in [0.4, 0.5) is 0 Å². The average Bonchev–Trinajstić information content (AvgIpc) is 2.54. The van der Waals surface area contributed by atoms with Crippen LogP contribution in [-0.2, 0) is 0 Å². The Morgan fingerprint density at radius 1 is 1.35 bits per heavy atom. The summed E-state index contributed by atoms with van der Waals surface area (Å²) in [6.07, 6.45) is 2.35. The van der Waals surface area contributed by atoms with Crippen LogP contribution in [0, 0.1) is 0 Å². The molecule has 2 rings (SSSR count). The van der Waals surface area contributed by atoms with Crippen molar-refractivity contribution >= 4 is 29.0 Å². The molecule has 1 aliphatic heterocycles. The Morgan fingerprint density at radius 3 is 2.85 bits per heavy atom. The molecule has 0 radical (unpaired) electrons. The molecule has 1 fully saturated rings. The van der Waals surface area contributed by atoms with E-state index in [1.54, 1.807) is 18.2 Å². The van der Waals surface area contributed by atoms with Gasteiger partial charge in [-0.3, -0.25) is 9.69 Å². The van der Waals surface area contributed by atoms with Crippen molar-refractivity contribution in [2.45, 2.75) is 31.8 Å². The molecule has 0 amide bonds. The number of nitrogens with zero attached hydrogens (tertiary/aromatic N) is 1. The zero-order valence-corrected chi connectivity index (χ0v) is 13.0. The van der Waals surface area contributed by atoms with Gasteiger partial charge in [0.2, 0.25) is 0 Å². The van der Waals surface area contributed by atoms with E-state index < -0.39 is 5.60 Å². The van der Waals surface area contributed by atoms with Gasteiger partial charge in [0.1, 0.15) is 0 Å². The number of hydrogen-bond acceptors (Lipinski definition) is 3. The number of halogens is 2. The van der Waals surface area contributed by atoms with Crippen LogP contribution in [0.15, 0.2) is 18.2 Å². The molecule has 0 bridgehead atoms. The van der Waals surface area contributed by atoms with Gasteiger partial charge in [-0.15, -0.1) is 0 Å². The molecule has 1 atom stereocenters. The largest absolute Gasteiger partial charge is 0.390 e. The van der Waals surface area contributed by atoms with Gasteiger partial charge in [-0.05, 0) is 50.9 Å². The third-order valence-electron chi connectivity index (χ3n) is 3.75. The minimum atomic E-state index is -0.620. The van der Waals surface area contributed by atoms with Crippen LogP contribution < -0.4 is 0 Å². The molecule has 0 aliphatic carbocycles. The summed E-state index contributed by atoms with van der Waals surface area (Å²) in [6.45, 7) is 3.71. The van der Waals surface area contributed by atoms with Gasteiger partial charge in [0.25, 0.3) is 0 Å². The van der Waals surface area contributed by atoms with Crippen molar-refractivity contribution in [1.29, 1.82) is 0 Å². The molecule has 1 unspecified atom stereocenters. The molecule has 110 valence electrons. The zero-order chi connectivity index (χ0) is 14.8. The minimum absolute atomic E-state index is 0.0287. The average molecular weight is 316 g/mol. The third-order valence-corrected chi connectivity index (χ3v) is 4.32. The predicted molar refractivity (Wildman–Crippen MR) is 81.7 cm³/mol. The summed E-state index contributed by atoms with van der Waals surface area (Å²) in [5.74, 6) is -0.0287. The summed E-state index contributed by atoms with van der Waals surface area (Å²) in [7, 11) is 0. The maximum absolute atomic E-state index is 12.3. The van der Waals surface area contributed by atoms with Gasteiger partial charge in [-0.25, -0.2) is 0 Å². The Balaban J connectivity index is 2.02. The lowest BCUT2D eigenvalue weighted by molar-refractivity contribution is 0.0444. The second-order valence-corrected chi connectivity index (χ2v) is 6.52. The Labute approximate surface area is 129 Å². The van der Waals surface area contributed by atoms with Gasteiger partial charge in [0.05, 0.1) is 17.2 Å². The summed E-state index contributed by atoms with van der Waals surface area (Å²) < 4.78 is 0.